The van der Waals surface area contributed by atoms with Gasteiger partial charge in [0.2, 0.25) is 0 Å². The summed E-state index contributed by atoms with van der Waals surface area (Å²) in [7, 11) is 0. The summed E-state index contributed by atoms with van der Waals surface area (Å²) in [6, 6.07) is 6.56. The van der Waals surface area contributed by atoms with Gasteiger partial charge in [-0.3, -0.25) is 4.79 Å². The van der Waals surface area contributed by atoms with Gasteiger partial charge in [-0.05, 0) is 112 Å². The van der Waals surface area contributed by atoms with Crippen LogP contribution in [0.25, 0.3) is 0 Å². The van der Waals surface area contributed by atoms with E-state index in [1.54, 1.807) is 5.57 Å². The van der Waals surface area contributed by atoms with Crippen LogP contribution in [0.5, 0.6) is 0 Å². The number of allylic oxidation sites excluding steroid dienone is 1. The molecule has 0 bridgehead atoms. The predicted octanol–water partition coefficient (Wildman–Crippen LogP) is 11.6. The molecule has 2 nitrogen and oxygen atoms in total. The van der Waals surface area contributed by atoms with Crippen molar-refractivity contribution in [3.8, 4) is 0 Å². The number of rotatable bonds is 7. The van der Waals surface area contributed by atoms with Crippen molar-refractivity contribution in [2.24, 2.45) is 46.3 Å². The Morgan fingerprint density at radius 2 is 1.50 bits per heavy atom. The quantitative estimate of drug-likeness (QED) is 0.237. The number of benzene rings is 1. The highest BCUT2D eigenvalue weighted by molar-refractivity contribution is 5.38. The molecule has 0 aromatic heterocycles. The number of hydrogen-bond acceptors (Lipinski definition) is 2. The number of carbonyl (C=O) groups is 1. The fraction of sp³-hybridized carbons (Fsp3) is 0.775. The van der Waals surface area contributed by atoms with E-state index in [4.69, 9.17) is 4.74 Å². The highest BCUT2D eigenvalue weighted by atomic mass is 16.5. The maximum atomic E-state index is 10.8. The van der Waals surface area contributed by atoms with E-state index in [9.17, 15) is 4.79 Å². The van der Waals surface area contributed by atoms with E-state index in [2.05, 4.69) is 93.5 Å². The molecule has 3 fully saturated rings. The number of hydrogen-bond donors (Lipinski definition) is 0. The summed E-state index contributed by atoms with van der Waals surface area (Å²) in [6.07, 6.45) is 18.5. The molecule has 0 amide bonds. The second-order valence-corrected chi connectivity index (χ2v) is 15.8. The Hall–Kier alpha value is -1.57. The molecule has 0 spiro atoms. The molecule has 0 aliphatic heterocycles. The summed E-state index contributed by atoms with van der Waals surface area (Å²) in [4.78, 5) is 10.8. The van der Waals surface area contributed by atoms with Crippen molar-refractivity contribution < 1.29 is 9.53 Å². The number of carbonyl (C=O) groups excluding carboxylic acids is 1. The van der Waals surface area contributed by atoms with Crippen molar-refractivity contribution in [3.63, 3.8) is 0 Å². The van der Waals surface area contributed by atoms with Gasteiger partial charge in [0.1, 0.15) is 6.10 Å². The van der Waals surface area contributed by atoms with E-state index in [1.165, 1.54) is 80.9 Å². The molecule has 42 heavy (non-hydrogen) atoms. The average molecular weight is 579 g/mol. The van der Waals surface area contributed by atoms with Crippen LogP contribution in [0.3, 0.4) is 0 Å². The van der Waals surface area contributed by atoms with Crippen LogP contribution in [-0.4, -0.2) is 12.6 Å². The van der Waals surface area contributed by atoms with E-state index in [0.29, 0.717) is 17.3 Å². The zero-order valence-electron chi connectivity index (χ0n) is 29.2. The molecule has 2 heteroatoms. The fourth-order valence-electron chi connectivity index (χ4n) is 10.0. The lowest BCUT2D eigenvalue weighted by atomic mass is 9.47. The van der Waals surface area contributed by atoms with Gasteiger partial charge >= 0.3 is 0 Å². The first-order valence-corrected chi connectivity index (χ1v) is 17.7. The molecule has 0 saturated heterocycles. The molecule has 8 unspecified atom stereocenters. The van der Waals surface area contributed by atoms with Crippen molar-refractivity contribution in [2.45, 2.75) is 152 Å². The van der Waals surface area contributed by atoms with Gasteiger partial charge in [0.25, 0.3) is 6.47 Å². The Morgan fingerprint density at radius 3 is 2.07 bits per heavy atom. The van der Waals surface area contributed by atoms with Crippen molar-refractivity contribution in [1.29, 1.82) is 0 Å². The highest BCUT2D eigenvalue weighted by Gasteiger charge is 2.59. The van der Waals surface area contributed by atoms with Gasteiger partial charge in [0.15, 0.2) is 0 Å². The third kappa shape index (κ3) is 8.12. The van der Waals surface area contributed by atoms with Crippen LogP contribution in [0.15, 0.2) is 29.8 Å². The normalized spacial score (nSPS) is 33.9. The molecule has 8 atom stereocenters. The molecule has 4 aliphatic rings. The average Bonchev–Trinajstić information content (AvgIpc) is 3.26. The van der Waals surface area contributed by atoms with E-state index in [0.717, 1.165) is 48.3 Å². The van der Waals surface area contributed by atoms with Gasteiger partial charge in [-0.15, -0.1) is 0 Å². The number of ether oxygens (including phenoxy) is 1. The zero-order chi connectivity index (χ0) is 31.1. The van der Waals surface area contributed by atoms with Crippen LogP contribution in [0.4, 0.5) is 0 Å². The number of fused-ring (bicyclic) bond motifs is 5. The lowest BCUT2D eigenvalue weighted by molar-refractivity contribution is -0.136. The summed E-state index contributed by atoms with van der Waals surface area (Å²) in [5, 5.41) is 0. The van der Waals surface area contributed by atoms with Gasteiger partial charge in [0.05, 0.1) is 0 Å². The van der Waals surface area contributed by atoms with Crippen LogP contribution >= 0.6 is 0 Å². The minimum atomic E-state index is 0.120. The Bertz CT molecular complexity index is 972. The molecule has 1 aromatic rings. The summed E-state index contributed by atoms with van der Waals surface area (Å²) in [6.45, 7) is 23.8. The van der Waals surface area contributed by atoms with E-state index < -0.39 is 0 Å². The zero-order valence-corrected chi connectivity index (χ0v) is 29.2. The van der Waals surface area contributed by atoms with Crippen LogP contribution in [-0.2, 0) is 9.53 Å². The minimum Gasteiger partial charge on any atom is -0.464 e. The van der Waals surface area contributed by atoms with Crippen LogP contribution in [0, 0.1) is 67.1 Å². The molecule has 5 rings (SSSR count). The van der Waals surface area contributed by atoms with E-state index in [1.807, 2.05) is 0 Å². The SMILES string of the molecule is CC(C)CCCC(C)C1CCC2C3CC=C4CC(OC=O)CCC4(C)C3CCC12C.CCC.Cc1cc(C)cc(C)c1. The molecule has 3 saturated carbocycles. The third-order valence-corrected chi connectivity index (χ3v) is 11.9. The number of aryl methyl sites for hydroxylation is 3. The molecule has 238 valence electrons. The monoisotopic (exact) mass is 579 g/mol. The largest absolute Gasteiger partial charge is 0.464 e. The fourth-order valence-corrected chi connectivity index (χ4v) is 10.0. The van der Waals surface area contributed by atoms with Gasteiger partial charge in [-0.1, -0.05) is 121 Å². The lowest BCUT2D eigenvalue weighted by Gasteiger charge is -2.58. The van der Waals surface area contributed by atoms with Gasteiger partial charge in [-0.2, -0.15) is 0 Å². The summed E-state index contributed by atoms with van der Waals surface area (Å²) < 4.78 is 5.36. The first-order chi connectivity index (χ1) is 19.9. The molecular weight excluding hydrogens is 512 g/mol. The first-order valence-electron chi connectivity index (χ1n) is 17.7. The van der Waals surface area contributed by atoms with Gasteiger partial charge in [-0.25, -0.2) is 0 Å². The predicted molar refractivity (Wildman–Crippen MR) is 181 cm³/mol. The van der Waals surface area contributed by atoms with E-state index in [-0.39, 0.29) is 6.10 Å². The van der Waals surface area contributed by atoms with Crippen LogP contribution in [0.1, 0.15) is 142 Å². The molecular formula is C40H66O2. The Morgan fingerprint density at radius 1 is 0.881 bits per heavy atom. The van der Waals surface area contributed by atoms with Crippen LogP contribution < -0.4 is 0 Å². The molecule has 1 aromatic carbocycles. The summed E-state index contributed by atoms with van der Waals surface area (Å²) in [5.41, 5.74) is 6.60. The lowest BCUT2D eigenvalue weighted by Crippen LogP contribution is -2.51. The Balaban J connectivity index is 0.000000338. The van der Waals surface area contributed by atoms with Crippen molar-refractivity contribution in [1.82, 2.24) is 0 Å². The summed E-state index contributed by atoms with van der Waals surface area (Å²) >= 11 is 0. The maximum absolute atomic E-state index is 10.8. The first kappa shape index (κ1) is 34.9. The Kier molecular flexibility index (Phi) is 12.8. The second kappa shape index (κ2) is 15.4. The van der Waals surface area contributed by atoms with Crippen LogP contribution in [0.2, 0.25) is 0 Å². The third-order valence-electron chi connectivity index (χ3n) is 11.9. The second-order valence-electron chi connectivity index (χ2n) is 15.8. The maximum Gasteiger partial charge on any atom is 0.293 e. The highest BCUT2D eigenvalue weighted by Crippen LogP contribution is 2.67. The Labute approximate surface area is 260 Å². The molecule has 0 N–H and O–H groups in total. The molecule has 0 radical (unpaired) electrons. The van der Waals surface area contributed by atoms with Crippen molar-refractivity contribution >= 4 is 6.47 Å². The molecule has 4 aliphatic carbocycles. The minimum absolute atomic E-state index is 0.120. The van der Waals surface area contributed by atoms with Crippen molar-refractivity contribution in [3.05, 3.63) is 46.5 Å². The van der Waals surface area contributed by atoms with E-state index >= 15 is 0 Å². The van der Waals surface area contributed by atoms with Crippen molar-refractivity contribution in [2.75, 3.05) is 0 Å². The smallest absolute Gasteiger partial charge is 0.293 e. The van der Waals surface area contributed by atoms with Gasteiger partial charge < -0.3 is 4.74 Å². The molecule has 0 heterocycles. The summed E-state index contributed by atoms with van der Waals surface area (Å²) in [5.74, 6) is 5.32. The topological polar surface area (TPSA) is 26.3 Å². The van der Waals surface area contributed by atoms with Gasteiger partial charge in [0, 0.05) is 6.42 Å². The standard InChI is InChI=1S/C28H46O2.C9H12.C3H8/c1-19(2)7-6-8-20(3)24-11-12-25-23-10-9-21-17-22(30-18-29)13-15-27(21,4)26(23)14-16-28(24,25)5;1-7-4-8(2)6-9(3)5-7;1-3-2/h9,18-20,22-26H,6-8,10-17H2,1-5H3;4-6H,1-3H3;3H2,1-2H3.